The van der Waals surface area contributed by atoms with Gasteiger partial charge in [0.1, 0.15) is 12.0 Å². The molecule has 12 heavy (non-hydrogen) atoms. The van der Waals surface area contributed by atoms with Gasteiger partial charge in [-0.1, -0.05) is 0 Å². The number of carbonyl (C=O) groups is 1. The lowest BCUT2D eigenvalue weighted by molar-refractivity contribution is 0.0600. The third-order valence-corrected chi connectivity index (χ3v) is 1.28. The molecule has 0 radical (unpaired) electrons. The first-order chi connectivity index (χ1) is 5.27. The van der Waals surface area contributed by atoms with E-state index in [0.29, 0.717) is 11.3 Å². The summed E-state index contributed by atoms with van der Waals surface area (Å²) in [6.07, 6.45) is 1.33. The van der Waals surface area contributed by atoms with Gasteiger partial charge in [0.15, 0.2) is 0 Å². The molecule has 0 atom stereocenters. The van der Waals surface area contributed by atoms with Gasteiger partial charge in [-0.2, -0.15) is 0 Å². The number of halogens is 1. The van der Waals surface area contributed by atoms with Gasteiger partial charge in [0.2, 0.25) is 0 Å². The molecule has 4 nitrogen and oxygen atoms in total. The van der Waals surface area contributed by atoms with Gasteiger partial charge in [0.25, 0.3) is 0 Å². The van der Waals surface area contributed by atoms with Crippen LogP contribution in [-0.2, 0) is 11.3 Å². The number of ether oxygens (including phenoxy) is 1. The highest BCUT2D eigenvalue weighted by Crippen LogP contribution is 2.07. The molecule has 0 aliphatic rings. The number of hydrogen-bond acceptors (Lipinski definition) is 4. The zero-order valence-electron chi connectivity index (χ0n) is 6.57. The van der Waals surface area contributed by atoms with Crippen molar-refractivity contribution in [1.82, 2.24) is 0 Å². The summed E-state index contributed by atoms with van der Waals surface area (Å²) < 4.78 is 9.37. The first-order valence-corrected chi connectivity index (χ1v) is 3.13. The SMILES string of the molecule is COC(=O)c1coc(CN)c1.Cl. The minimum atomic E-state index is -0.409. The number of esters is 1. The van der Waals surface area contributed by atoms with Gasteiger partial charge >= 0.3 is 5.97 Å². The van der Waals surface area contributed by atoms with Crippen LogP contribution in [0, 0.1) is 0 Å². The quantitative estimate of drug-likeness (QED) is 0.707. The van der Waals surface area contributed by atoms with E-state index in [0.717, 1.165) is 0 Å². The van der Waals surface area contributed by atoms with E-state index in [9.17, 15) is 4.79 Å². The van der Waals surface area contributed by atoms with Gasteiger partial charge in [0.05, 0.1) is 19.2 Å². The molecule has 5 heteroatoms. The standard InChI is InChI=1S/C7H9NO3.ClH/c1-10-7(9)5-2-6(3-8)11-4-5;/h2,4H,3,8H2,1H3;1H. The van der Waals surface area contributed by atoms with Crippen LogP contribution in [-0.4, -0.2) is 13.1 Å². The molecular weight excluding hydrogens is 182 g/mol. The van der Waals surface area contributed by atoms with Crippen molar-refractivity contribution in [2.45, 2.75) is 6.54 Å². The van der Waals surface area contributed by atoms with Crippen LogP contribution in [0.3, 0.4) is 0 Å². The molecule has 0 bridgehead atoms. The maximum atomic E-state index is 10.8. The molecule has 1 aromatic heterocycles. The normalized spacial score (nSPS) is 8.83. The van der Waals surface area contributed by atoms with Gasteiger partial charge in [-0.25, -0.2) is 4.79 Å². The zero-order chi connectivity index (χ0) is 8.27. The van der Waals surface area contributed by atoms with E-state index in [1.54, 1.807) is 6.07 Å². The minimum absolute atomic E-state index is 0. The van der Waals surface area contributed by atoms with E-state index >= 15 is 0 Å². The van der Waals surface area contributed by atoms with Crippen molar-refractivity contribution in [2.75, 3.05) is 7.11 Å². The fourth-order valence-corrected chi connectivity index (χ4v) is 0.713. The zero-order valence-corrected chi connectivity index (χ0v) is 7.39. The second-order valence-corrected chi connectivity index (χ2v) is 2.00. The summed E-state index contributed by atoms with van der Waals surface area (Å²) in [6, 6.07) is 1.56. The lowest BCUT2D eigenvalue weighted by atomic mass is 10.3. The number of rotatable bonds is 2. The van der Waals surface area contributed by atoms with Crippen molar-refractivity contribution in [3.05, 3.63) is 23.7 Å². The summed E-state index contributed by atoms with van der Waals surface area (Å²) in [4.78, 5) is 10.8. The van der Waals surface area contributed by atoms with Crippen LogP contribution in [0.4, 0.5) is 0 Å². The Bertz CT molecular complexity index is 259. The highest BCUT2D eigenvalue weighted by Gasteiger charge is 2.08. The fourth-order valence-electron chi connectivity index (χ4n) is 0.713. The van der Waals surface area contributed by atoms with Gasteiger partial charge in [-0.05, 0) is 6.07 Å². The second-order valence-electron chi connectivity index (χ2n) is 2.00. The molecule has 0 aromatic carbocycles. The van der Waals surface area contributed by atoms with E-state index in [1.807, 2.05) is 0 Å². The van der Waals surface area contributed by atoms with Crippen LogP contribution in [0.25, 0.3) is 0 Å². The number of nitrogens with two attached hydrogens (primary N) is 1. The van der Waals surface area contributed by atoms with E-state index in [-0.39, 0.29) is 19.0 Å². The first-order valence-electron chi connectivity index (χ1n) is 3.13. The average Bonchev–Trinajstić information content (AvgIpc) is 2.50. The Kier molecular flexibility index (Phi) is 4.39. The first kappa shape index (κ1) is 11.0. The van der Waals surface area contributed by atoms with Crippen molar-refractivity contribution in [1.29, 1.82) is 0 Å². The Balaban J connectivity index is 0.00000121. The Morgan fingerprint density at radius 1 is 1.75 bits per heavy atom. The van der Waals surface area contributed by atoms with E-state index in [2.05, 4.69) is 4.74 Å². The van der Waals surface area contributed by atoms with E-state index in [4.69, 9.17) is 10.2 Å². The molecule has 0 amide bonds. The van der Waals surface area contributed by atoms with Crippen LogP contribution in [0.1, 0.15) is 16.1 Å². The Morgan fingerprint density at radius 2 is 2.42 bits per heavy atom. The fraction of sp³-hybridized carbons (Fsp3) is 0.286. The van der Waals surface area contributed by atoms with Crippen molar-refractivity contribution in [3.8, 4) is 0 Å². The smallest absolute Gasteiger partial charge is 0.341 e. The summed E-state index contributed by atoms with van der Waals surface area (Å²) in [5, 5.41) is 0. The number of furan rings is 1. The Morgan fingerprint density at radius 3 is 2.83 bits per heavy atom. The van der Waals surface area contributed by atoms with E-state index in [1.165, 1.54) is 13.4 Å². The molecule has 1 aromatic rings. The largest absolute Gasteiger partial charge is 0.467 e. The van der Waals surface area contributed by atoms with Gasteiger partial charge in [0, 0.05) is 0 Å². The van der Waals surface area contributed by atoms with Gasteiger partial charge in [-0.15, -0.1) is 12.4 Å². The van der Waals surface area contributed by atoms with Crippen molar-refractivity contribution >= 4 is 18.4 Å². The van der Waals surface area contributed by atoms with E-state index < -0.39 is 5.97 Å². The summed E-state index contributed by atoms with van der Waals surface area (Å²) in [5.41, 5.74) is 5.66. The molecule has 0 fully saturated rings. The third kappa shape index (κ3) is 2.25. The Labute approximate surface area is 76.1 Å². The second kappa shape index (κ2) is 4.79. The summed E-state index contributed by atoms with van der Waals surface area (Å²) >= 11 is 0. The lowest BCUT2D eigenvalue weighted by Crippen LogP contribution is -1.99. The molecule has 0 saturated carbocycles. The number of hydrogen-bond donors (Lipinski definition) is 1. The van der Waals surface area contributed by atoms with Gasteiger partial charge < -0.3 is 14.9 Å². The molecule has 0 aliphatic carbocycles. The minimum Gasteiger partial charge on any atom is -0.467 e. The third-order valence-electron chi connectivity index (χ3n) is 1.28. The predicted molar refractivity (Wildman–Crippen MR) is 45.2 cm³/mol. The molecule has 0 aliphatic heterocycles. The monoisotopic (exact) mass is 191 g/mol. The van der Waals surface area contributed by atoms with Crippen molar-refractivity contribution < 1.29 is 13.9 Å². The van der Waals surface area contributed by atoms with Crippen molar-refractivity contribution in [2.24, 2.45) is 5.73 Å². The molecule has 0 unspecified atom stereocenters. The molecular formula is C7H10ClNO3. The average molecular weight is 192 g/mol. The van der Waals surface area contributed by atoms with Crippen LogP contribution in [0.15, 0.2) is 16.7 Å². The van der Waals surface area contributed by atoms with Crippen molar-refractivity contribution in [3.63, 3.8) is 0 Å². The van der Waals surface area contributed by atoms with Crippen LogP contribution in [0.5, 0.6) is 0 Å². The topological polar surface area (TPSA) is 65.5 Å². The summed E-state index contributed by atoms with van der Waals surface area (Å²) in [5.74, 6) is 0.166. The van der Waals surface area contributed by atoms with Crippen LogP contribution < -0.4 is 5.73 Å². The molecule has 1 rings (SSSR count). The Hall–Kier alpha value is -1.00. The predicted octanol–water partition coefficient (Wildman–Crippen LogP) is 0.947. The molecule has 0 spiro atoms. The summed E-state index contributed by atoms with van der Waals surface area (Å²) in [7, 11) is 1.32. The van der Waals surface area contributed by atoms with Crippen LogP contribution in [0.2, 0.25) is 0 Å². The lowest BCUT2D eigenvalue weighted by Gasteiger charge is -1.90. The molecule has 0 saturated heterocycles. The highest BCUT2D eigenvalue weighted by molar-refractivity contribution is 5.88. The maximum Gasteiger partial charge on any atom is 0.341 e. The number of carbonyl (C=O) groups excluding carboxylic acids is 1. The molecule has 1 heterocycles. The summed E-state index contributed by atoms with van der Waals surface area (Å²) in [6.45, 7) is 0.289. The highest BCUT2D eigenvalue weighted by atomic mass is 35.5. The van der Waals surface area contributed by atoms with Crippen LogP contribution >= 0.6 is 12.4 Å². The maximum absolute atomic E-state index is 10.8. The molecule has 68 valence electrons. The molecule has 2 N–H and O–H groups in total. The van der Waals surface area contributed by atoms with Gasteiger partial charge in [-0.3, -0.25) is 0 Å². The number of methoxy groups -OCH3 is 1.